The Morgan fingerprint density at radius 1 is 1.75 bits per heavy atom. The van der Waals surface area contributed by atoms with Crippen LogP contribution >= 0.6 is 0 Å². The number of aldehydes is 1. The Balaban J connectivity index is 2.43. The Hall–Kier alpha value is -0.860. The van der Waals surface area contributed by atoms with Gasteiger partial charge in [0.2, 0.25) is 5.91 Å². The van der Waals surface area contributed by atoms with Gasteiger partial charge in [-0.25, -0.2) is 0 Å². The summed E-state index contributed by atoms with van der Waals surface area (Å²) in [6.07, 6.45) is 1.94. The summed E-state index contributed by atoms with van der Waals surface area (Å²) in [5.41, 5.74) is 0. The number of hydrogen-bond acceptors (Lipinski definition) is 2. The highest BCUT2D eigenvalue weighted by Gasteiger charge is 2.18. The minimum absolute atomic E-state index is 0.0119. The SMILES string of the molecule is O=CC1CCC(=O)N1. The van der Waals surface area contributed by atoms with E-state index in [1.54, 1.807) is 0 Å². The third-order valence-electron chi connectivity index (χ3n) is 1.19. The molecule has 0 aromatic carbocycles. The van der Waals surface area contributed by atoms with E-state index in [2.05, 4.69) is 5.32 Å². The van der Waals surface area contributed by atoms with Crippen LogP contribution in [-0.2, 0) is 9.59 Å². The van der Waals surface area contributed by atoms with E-state index >= 15 is 0 Å². The van der Waals surface area contributed by atoms with Crippen LogP contribution in [0.5, 0.6) is 0 Å². The zero-order valence-corrected chi connectivity index (χ0v) is 4.39. The summed E-state index contributed by atoms with van der Waals surface area (Å²) in [6.45, 7) is 0. The van der Waals surface area contributed by atoms with Crippen molar-refractivity contribution >= 4 is 12.2 Å². The van der Waals surface area contributed by atoms with Crippen molar-refractivity contribution in [2.75, 3.05) is 0 Å². The van der Waals surface area contributed by atoms with E-state index in [-0.39, 0.29) is 11.9 Å². The van der Waals surface area contributed by atoms with E-state index < -0.39 is 0 Å². The second-order valence-corrected chi connectivity index (χ2v) is 1.85. The Morgan fingerprint density at radius 3 is 2.75 bits per heavy atom. The lowest BCUT2D eigenvalue weighted by molar-refractivity contribution is -0.120. The van der Waals surface area contributed by atoms with Gasteiger partial charge in [0.25, 0.3) is 0 Å². The maximum Gasteiger partial charge on any atom is 0.220 e. The molecular formula is C5H7NO2. The van der Waals surface area contributed by atoms with Gasteiger partial charge in [-0.1, -0.05) is 0 Å². The monoisotopic (exact) mass is 113 g/mol. The lowest BCUT2D eigenvalue weighted by Gasteiger charge is -1.94. The van der Waals surface area contributed by atoms with Crippen molar-refractivity contribution in [2.24, 2.45) is 0 Å². The summed E-state index contributed by atoms with van der Waals surface area (Å²) in [5.74, 6) is -0.0119. The van der Waals surface area contributed by atoms with E-state index in [4.69, 9.17) is 0 Å². The first kappa shape index (κ1) is 5.28. The zero-order valence-electron chi connectivity index (χ0n) is 4.39. The van der Waals surface area contributed by atoms with Crippen molar-refractivity contribution in [1.82, 2.24) is 5.32 Å². The first-order valence-electron chi connectivity index (χ1n) is 2.57. The van der Waals surface area contributed by atoms with Crippen molar-refractivity contribution in [2.45, 2.75) is 18.9 Å². The predicted molar refractivity (Wildman–Crippen MR) is 27.2 cm³/mol. The number of nitrogens with one attached hydrogen (secondary N) is 1. The maximum absolute atomic E-state index is 10.3. The maximum atomic E-state index is 10.3. The Labute approximate surface area is 47.1 Å². The van der Waals surface area contributed by atoms with Crippen LogP contribution in [0, 0.1) is 0 Å². The lowest BCUT2D eigenvalue weighted by Crippen LogP contribution is -2.25. The summed E-state index contributed by atoms with van der Waals surface area (Å²) >= 11 is 0. The third-order valence-corrected chi connectivity index (χ3v) is 1.19. The first-order chi connectivity index (χ1) is 3.83. The topological polar surface area (TPSA) is 46.2 Å². The molecule has 1 rings (SSSR count). The molecule has 8 heavy (non-hydrogen) atoms. The number of rotatable bonds is 1. The first-order valence-corrected chi connectivity index (χ1v) is 2.57. The molecule has 0 aromatic heterocycles. The van der Waals surface area contributed by atoms with E-state index in [1.807, 2.05) is 0 Å². The van der Waals surface area contributed by atoms with Crippen molar-refractivity contribution in [3.05, 3.63) is 0 Å². The smallest absolute Gasteiger partial charge is 0.220 e. The molecular weight excluding hydrogens is 106 g/mol. The molecule has 44 valence electrons. The zero-order chi connectivity index (χ0) is 5.98. The van der Waals surface area contributed by atoms with Gasteiger partial charge in [-0.05, 0) is 6.42 Å². The second-order valence-electron chi connectivity index (χ2n) is 1.85. The fourth-order valence-electron chi connectivity index (χ4n) is 0.740. The van der Waals surface area contributed by atoms with Gasteiger partial charge in [0.1, 0.15) is 6.29 Å². The van der Waals surface area contributed by atoms with Gasteiger partial charge >= 0.3 is 0 Å². The summed E-state index contributed by atoms with van der Waals surface area (Å²) in [5, 5.41) is 2.50. The lowest BCUT2D eigenvalue weighted by atomic mass is 10.2. The quantitative estimate of drug-likeness (QED) is 0.464. The summed E-state index contributed by atoms with van der Waals surface area (Å²) in [6, 6.07) is -0.206. The minimum Gasteiger partial charge on any atom is -0.347 e. The molecule has 0 bridgehead atoms. The molecule has 0 saturated carbocycles. The van der Waals surface area contributed by atoms with Crippen LogP contribution in [-0.4, -0.2) is 18.2 Å². The van der Waals surface area contributed by atoms with Crippen LogP contribution in [0.25, 0.3) is 0 Å². The molecule has 1 aliphatic heterocycles. The van der Waals surface area contributed by atoms with E-state index in [1.165, 1.54) is 0 Å². The van der Waals surface area contributed by atoms with Gasteiger partial charge in [0.05, 0.1) is 6.04 Å². The summed E-state index contributed by atoms with van der Waals surface area (Å²) < 4.78 is 0. The highest BCUT2D eigenvalue weighted by molar-refractivity contribution is 5.83. The molecule has 0 spiro atoms. The van der Waals surface area contributed by atoms with Crippen LogP contribution in [0.15, 0.2) is 0 Å². The van der Waals surface area contributed by atoms with Crippen molar-refractivity contribution < 1.29 is 9.59 Å². The molecule has 3 nitrogen and oxygen atoms in total. The number of carbonyl (C=O) groups excluding carboxylic acids is 2. The van der Waals surface area contributed by atoms with Crippen LogP contribution in [0.4, 0.5) is 0 Å². The van der Waals surface area contributed by atoms with Crippen LogP contribution in [0.3, 0.4) is 0 Å². The van der Waals surface area contributed by atoms with E-state index in [0.29, 0.717) is 12.8 Å². The summed E-state index contributed by atoms with van der Waals surface area (Å²) in [7, 11) is 0. The molecule has 1 aliphatic rings. The van der Waals surface area contributed by atoms with Gasteiger partial charge in [-0.2, -0.15) is 0 Å². The Kier molecular flexibility index (Phi) is 1.28. The average Bonchev–Trinajstić information content (AvgIpc) is 2.14. The van der Waals surface area contributed by atoms with Crippen LogP contribution in [0.2, 0.25) is 0 Å². The molecule has 1 N–H and O–H groups in total. The predicted octanol–water partition coefficient (Wildman–Crippen LogP) is -0.536. The highest BCUT2D eigenvalue weighted by Crippen LogP contribution is 2.02. The van der Waals surface area contributed by atoms with Crippen molar-refractivity contribution in [3.8, 4) is 0 Å². The van der Waals surface area contributed by atoms with Crippen LogP contribution < -0.4 is 5.32 Å². The fraction of sp³-hybridized carbons (Fsp3) is 0.600. The molecule has 0 radical (unpaired) electrons. The van der Waals surface area contributed by atoms with Gasteiger partial charge in [0.15, 0.2) is 0 Å². The summed E-state index contributed by atoms with van der Waals surface area (Å²) in [4.78, 5) is 20.3. The Bertz CT molecular complexity index is 122. The second kappa shape index (κ2) is 1.94. The molecule has 1 atom stereocenters. The molecule has 1 unspecified atom stereocenters. The van der Waals surface area contributed by atoms with Crippen molar-refractivity contribution in [1.29, 1.82) is 0 Å². The standard InChI is InChI=1S/C5H7NO2/c7-3-4-1-2-5(8)6-4/h3-4H,1-2H2,(H,6,8). The van der Waals surface area contributed by atoms with E-state index in [0.717, 1.165) is 6.29 Å². The number of amides is 1. The average molecular weight is 113 g/mol. The van der Waals surface area contributed by atoms with Crippen molar-refractivity contribution in [3.63, 3.8) is 0 Å². The van der Waals surface area contributed by atoms with Crippen LogP contribution in [0.1, 0.15) is 12.8 Å². The molecule has 1 amide bonds. The van der Waals surface area contributed by atoms with Gasteiger partial charge in [0, 0.05) is 6.42 Å². The number of carbonyl (C=O) groups is 2. The molecule has 1 heterocycles. The Morgan fingerprint density at radius 2 is 2.50 bits per heavy atom. The molecule has 0 aromatic rings. The van der Waals surface area contributed by atoms with Gasteiger partial charge < -0.3 is 10.1 Å². The minimum atomic E-state index is -0.206. The van der Waals surface area contributed by atoms with E-state index in [9.17, 15) is 9.59 Å². The molecule has 0 aliphatic carbocycles. The number of hydrogen-bond donors (Lipinski definition) is 1. The fourth-order valence-corrected chi connectivity index (χ4v) is 0.740. The largest absolute Gasteiger partial charge is 0.347 e. The molecule has 1 fully saturated rings. The third kappa shape index (κ3) is 0.857. The molecule has 1 saturated heterocycles. The van der Waals surface area contributed by atoms with Gasteiger partial charge in [-0.15, -0.1) is 0 Å². The van der Waals surface area contributed by atoms with Gasteiger partial charge in [-0.3, -0.25) is 4.79 Å². The molecule has 3 heteroatoms. The normalized spacial score (nSPS) is 27.5. The highest BCUT2D eigenvalue weighted by atomic mass is 16.2.